The summed E-state index contributed by atoms with van der Waals surface area (Å²) in [6.45, 7) is 7.81. The van der Waals surface area contributed by atoms with E-state index in [9.17, 15) is 0 Å². The maximum Gasteiger partial charge on any atom is 0.128 e. The van der Waals surface area contributed by atoms with E-state index in [2.05, 4.69) is 62.0 Å². The maximum atomic E-state index is 4.55. The molecule has 1 aliphatic heterocycles. The Labute approximate surface area is 162 Å². The zero-order chi connectivity index (χ0) is 18.6. The van der Waals surface area contributed by atoms with E-state index in [1.165, 1.54) is 25.1 Å². The molecule has 2 aromatic rings. The van der Waals surface area contributed by atoms with Crippen molar-refractivity contribution < 1.29 is 0 Å². The number of aryl methyl sites for hydroxylation is 1. The number of pyridine rings is 1. The highest BCUT2D eigenvalue weighted by Crippen LogP contribution is 2.33. The van der Waals surface area contributed by atoms with E-state index < -0.39 is 0 Å². The van der Waals surface area contributed by atoms with Crippen molar-refractivity contribution in [2.45, 2.75) is 44.2 Å². The quantitative estimate of drug-likeness (QED) is 0.848. The molecular formula is C21H32N6. The van der Waals surface area contributed by atoms with E-state index in [4.69, 9.17) is 0 Å². The summed E-state index contributed by atoms with van der Waals surface area (Å²) in [7, 11) is 2.11. The van der Waals surface area contributed by atoms with E-state index in [1.54, 1.807) is 0 Å². The van der Waals surface area contributed by atoms with Crippen molar-refractivity contribution >= 4 is 5.82 Å². The van der Waals surface area contributed by atoms with Gasteiger partial charge in [0.25, 0.3) is 0 Å². The van der Waals surface area contributed by atoms with Crippen molar-refractivity contribution in [2.75, 3.05) is 37.6 Å². The Bertz CT molecular complexity index is 706. The molecule has 0 bridgehead atoms. The van der Waals surface area contributed by atoms with Crippen LogP contribution < -0.4 is 10.2 Å². The SMILES string of the molecule is CC(CN1CCN(c2ccccn2)CC1)NC1CCC(c2nccn2C)C1. The second-order valence-corrected chi connectivity index (χ2v) is 8.15. The summed E-state index contributed by atoms with van der Waals surface area (Å²) in [5.41, 5.74) is 0. The molecule has 0 spiro atoms. The van der Waals surface area contributed by atoms with Gasteiger partial charge in [-0.2, -0.15) is 0 Å². The molecule has 1 N–H and O–H groups in total. The first-order chi connectivity index (χ1) is 13.2. The molecule has 27 heavy (non-hydrogen) atoms. The molecule has 1 aliphatic carbocycles. The Hall–Kier alpha value is -1.92. The summed E-state index contributed by atoms with van der Waals surface area (Å²) in [4.78, 5) is 14.0. The zero-order valence-electron chi connectivity index (χ0n) is 16.6. The number of aromatic nitrogens is 3. The third-order valence-corrected chi connectivity index (χ3v) is 6.05. The van der Waals surface area contributed by atoms with Gasteiger partial charge in [0.05, 0.1) is 0 Å². The fourth-order valence-corrected chi connectivity index (χ4v) is 4.68. The van der Waals surface area contributed by atoms with Crippen LogP contribution in [0.25, 0.3) is 0 Å². The van der Waals surface area contributed by atoms with E-state index >= 15 is 0 Å². The van der Waals surface area contributed by atoms with Crippen LogP contribution in [0.15, 0.2) is 36.8 Å². The number of nitrogens with zero attached hydrogens (tertiary/aromatic N) is 5. The molecule has 0 radical (unpaired) electrons. The predicted octanol–water partition coefficient (Wildman–Crippen LogP) is 2.25. The van der Waals surface area contributed by atoms with Crippen LogP contribution in [0.1, 0.15) is 37.9 Å². The Balaban J connectivity index is 1.20. The third kappa shape index (κ3) is 4.50. The van der Waals surface area contributed by atoms with Crippen LogP contribution in [0.5, 0.6) is 0 Å². The minimum atomic E-state index is 0.525. The Morgan fingerprint density at radius 3 is 2.67 bits per heavy atom. The smallest absolute Gasteiger partial charge is 0.128 e. The van der Waals surface area contributed by atoms with Gasteiger partial charge in [-0.25, -0.2) is 9.97 Å². The van der Waals surface area contributed by atoms with Crippen LogP contribution in [0, 0.1) is 0 Å². The number of rotatable bonds is 6. The number of piperazine rings is 1. The van der Waals surface area contributed by atoms with Crippen LogP contribution in [0.3, 0.4) is 0 Å². The second-order valence-electron chi connectivity index (χ2n) is 8.15. The average Bonchev–Trinajstić information content (AvgIpc) is 3.31. The van der Waals surface area contributed by atoms with Gasteiger partial charge >= 0.3 is 0 Å². The van der Waals surface area contributed by atoms with Crippen LogP contribution >= 0.6 is 0 Å². The highest BCUT2D eigenvalue weighted by atomic mass is 15.3. The maximum absolute atomic E-state index is 4.55. The molecule has 0 aromatic carbocycles. The molecule has 146 valence electrons. The van der Waals surface area contributed by atoms with E-state index in [0.717, 1.165) is 38.5 Å². The summed E-state index contributed by atoms with van der Waals surface area (Å²) in [5, 5.41) is 3.88. The number of imidazole rings is 1. The van der Waals surface area contributed by atoms with Gasteiger partial charge < -0.3 is 14.8 Å². The van der Waals surface area contributed by atoms with Gasteiger partial charge in [-0.15, -0.1) is 0 Å². The monoisotopic (exact) mass is 368 g/mol. The zero-order valence-corrected chi connectivity index (χ0v) is 16.6. The molecule has 3 unspecified atom stereocenters. The summed E-state index contributed by atoms with van der Waals surface area (Å²) >= 11 is 0. The highest BCUT2D eigenvalue weighted by molar-refractivity contribution is 5.38. The topological polar surface area (TPSA) is 49.2 Å². The van der Waals surface area contributed by atoms with E-state index in [-0.39, 0.29) is 0 Å². The lowest BCUT2D eigenvalue weighted by Crippen LogP contribution is -2.51. The summed E-state index contributed by atoms with van der Waals surface area (Å²) in [5.74, 6) is 2.96. The summed E-state index contributed by atoms with van der Waals surface area (Å²) in [6, 6.07) is 7.31. The molecular weight excluding hydrogens is 336 g/mol. The molecule has 2 aliphatic rings. The fourth-order valence-electron chi connectivity index (χ4n) is 4.68. The molecule has 2 aromatic heterocycles. The fraction of sp³-hybridized carbons (Fsp3) is 0.619. The van der Waals surface area contributed by atoms with E-state index in [0.29, 0.717) is 18.0 Å². The summed E-state index contributed by atoms with van der Waals surface area (Å²) in [6.07, 6.45) is 9.58. The number of hydrogen-bond acceptors (Lipinski definition) is 5. The highest BCUT2D eigenvalue weighted by Gasteiger charge is 2.29. The standard InChI is InChI=1S/C21H32N6/c1-17(24-19-7-6-18(15-19)21-23-9-10-25(21)2)16-26-11-13-27(14-12-26)20-5-3-4-8-22-20/h3-5,8-10,17-19,24H,6-7,11-16H2,1-2H3. The van der Waals surface area contributed by atoms with Crippen molar-refractivity contribution in [2.24, 2.45) is 7.05 Å². The third-order valence-electron chi connectivity index (χ3n) is 6.05. The molecule has 1 saturated carbocycles. The van der Waals surface area contributed by atoms with Crippen LogP contribution in [0.2, 0.25) is 0 Å². The van der Waals surface area contributed by atoms with Gasteiger partial charge in [0.2, 0.25) is 0 Å². The molecule has 2 fully saturated rings. The lowest BCUT2D eigenvalue weighted by Gasteiger charge is -2.37. The van der Waals surface area contributed by atoms with Gasteiger partial charge in [0.15, 0.2) is 0 Å². The summed E-state index contributed by atoms with van der Waals surface area (Å²) < 4.78 is 2.18. The Morgan fingerprint density at radius 2 is 1.96 bits per heavy atom. The molecule has 0 amide bonds. The first-order valence-corrected chi connectivity index (χ1v) is 10.3. The van der Waals surface area contributed by atoms with Gasteiger partial charge in [0.1, 0.15) is 11.6 Å². The molecule has 6 nitrogen and oxygen atoms in total. The van der Waals surface area contributed by atoms with Gasteiger partial charge in [-0.3, -0.25) is 4.90 Å². The molecule has 3 atom stereocenters. The average molecular weight is 369 g/mol. The van der Waals surface area contributed by atoms with Crippen molar-refractivity contribution in [1.82, 2.24) is 24.8 Å². The second kappa shape index (κ2) is 8.40. The predicted molar refractivity (Wildman–Crippen MR) is 109 cm³/mol. The number of nitrogens with one attached hydrogen (secondary N) is 1. The largest absolute Gasteiger partial charge is 0.354 e. The van der Waals surface area contributed by atoms with Crippen LogP contribution in [-0.2, 0) is 7.05 Å². The lowest BCUT2D eigenvalue weighted by atomic mass is 10.1. The Kier molecular flexibility index (Phi) is 5.74. The van der Waals surface area contributed by atoms with Crippen LogP contribution in [-0.4, -0.2) is 64.2 Å². The minimum Gasteiger partial charge on any atom is -0.354 e. The van der Waals surface area contributed by atoms with Gasteiger partial charge in [-0.1, -0.05) is 6.07 Å². The van der Waals surface area contributed by atoms with Gasteiger partial charge in [0, 0.05) is 76.4 Å². The van der Waals surface area contributed by atoms with E-state index in [1.807, 2.05) is 18.5 Å². The normalized spacial score (nSPS) is 25.0. The van der Waals surface area contributed by atoms with Gasteiger partial charge in [-0.05, 0) is 38.3 Å². The molecule has 1 saturated heterocycles. The van der Waals surface area contributed by atoms with Crippen LogP contribution in [0.4, 0.5) is 5.82 Å². The number of hydrogen-bond donors (Lipinski definition) is 1. The van der Waals surface area contributed by atoms with Crippen molar-refractivity contribution in [3.63, 3.8) is 0 Å². The molecule has 3 heterocycles. The van der Waals surface area contributed by atoms with Crippen molar-refractivity contribution in [3.05, 3.63) is 42.6 Å². The van der Waals surface area contributed by atoms with Crippen molar-refractivity contribution in [3.8, 4) is 0 Å². The number of anilines is 1. The Morgan fingerprint density at radius 1 is 1.11 bits per heavy atom. The molecule has 6 heteroatoms. The first kappa shape index (κ1) is 18.4. The first-order valence-electron chi connectivity index (χ1n) is 10.3. The lowest BCUT2D eigenvalue weighted by molar-refractivity contribution is 0.227. The molecule has 4 rings (SSSR count). The minimum absolute atomic E-state index is 0.525. The van der Waals surface area contributed by atoms with Crippen molar-refractivity contribution in [1.29, 1.82) is 0 Å².